The van der Waals surface area contributed by atoms with Crippen LogP contribution in [-0.2, 0) is 19.2 Å². The van der Waals surface area contributed by atoms with Crippen molar-refractivity contribution in [2.75, 3.05) is 0 Å². The van der Waals surface area contributed by atoms with Crippen LogP contribution in [-0.4, -0.2) is 33.6 Å². The van der Waals surface area contributed by atoms with Crippen LogP contribution < -0.4 is 0 Å². The lowest BCUT2D eigenvalue weighted by molar-refractivity contribution is -0.174. The average Bonchev–Trinajstić information content (AvgIpc) is 3.28. The number of allylic oxidation sites excluding steroid dienone is 2. The third-order valence-electron chi connectivity index (χ3n) is 6.46. The van der Waals surface area contributed by atoms with Crippen molar-refractivity contribution in [1.82, 2.24) is 10.0 Å². The molecule has 23 heavy (non-hydrogen) atoms. The molecular weight excluding hydrogens is 296 g/mol. The SMILES string of the molecule is O=C1[C@@H]2[C@H](C(=O)N1N1C(=O)[C@H]3CCCC[C@H]3C1=O)[C@H]1C=C[C@H]2C1. The third kappa shape index (κ3) is 1.49. The Morgan fingerprint density at radius 1 is 0.696 bits per heavy atom. The molecule has 4 amide bonds. The maximum absolute atomic E-state index is 12.8. The zero-order valence-electron chi connectivity index (χ0n) is 12.7. The maximum atomic E-state index is 12.8. The van der Waals surface area contributed by atoms with E-state index in [1.165, 1.54) is 0 Å². The Morgan fingerprint density at radius 3 is 1.61 bits per heavy atom. The van der Waals surface area contributed by atoms with E-state index >= 15 is 0 Å². The van der Waals surface area contributed by atoms with Crippen molar-refractivity contribution >= 4 is 23.6 Å². The molecule has 2 heterocycles. The first kappa shape index (κ1) is 13.5. The van der Waals surface area contributed by atoms with Crippen LogP contribution in [0.3, 0.4) is 0 Å². The van der Waals surface area contributed by atoms with Crippen molar-refractivity contribution in [2.24, 2.45) is 35.5 Å². The Kier molecular flexibility index (Phi) is 2.52. The fourth-order valence-corrected chi connectivity index (χ4v) is 5.43. The standard InChI is InChI=1S/C17H18N2O4/c20-14-10-3-1-2-4-11(10)15(21)18(14)19-16(22)12-8-5-6-9(7-8)13(12)17(19)23/h5-6,8-13H,1-4,7H2/t8-,9-,10-,11+,12-,13+/m0/s1. The molecule has 0 aromatic rings. The summed E-state index contributed by atoms with van der Waals surface area (Å²) in [6.45, 7) is 0. The highest BCUT2D eigenvalue weighted by Crippen LogP contribution is 2.53. The largest absolute Gasteiger partial charge is 0.272 e. The van der Waals surface area contributed by atoms with Gasteiger partial charge >= 0.3 is 0 Å². The van der Waals surface area contributed by atoms with E-state index in [0.717, 1.165) is 29.3 Å². The lowest BCUT2D eigenvalue weighted by Crippen LogP contribution is -2.51. The number of imide groups is 2. The molecule has 0 aromatic heterocycles. The molecule has 6 nitrogen and oxygen atoms in total. The van der Waals surface area contributed by atoms with Crippen LogP contribution in [0, 0.1) is 35.5 Å². The quantitative estimate of drug-likeness (QED) is 0.532. The molecule has 120 valence electrons. The molecule has 0 aromatic carbocycles. The van der Waals surface area contributed by atoms with Crippen molar-refractivity contribution in [3.8, 4) is 0 Å². The normalized spacial score (nSPS) is 44.5. The predicted molar refractivity (Wildman–Crippen MR) is 76.9 cm³/mol. The number of nitrogens with zero attached hydrogens (tertiary/aromatic N) is 2. The topological polar surface area (TPSA) is 74.8 Å². The van der Waals surface area contributed by atoms with Gasteiger partial charge in [-0.15, -0.1) is 0 Å². The molecule has 6 atom stereocenters. The summed E-state index contributed by atoms with van der Waals surface area (Å²) >= 11 is 0. The molecule has 3 aliphatic carbocycles. The molecule has 0 spiro atoms. The minimum Gasteiger partial charge on any atom is -0.272 e. The van der Waals surface area contributed by atoms with Gasteiger partial charge in [0.05, 0.1) is 23.7 Å². The first-order valence-electron chi connectivity index (χ1n) is 8.53. The lowest BCUT2D eigenvalue weighted by atomic mass is 9.81. The highest BCUT2D eigenvalue weighted by Gasteiger charge is 2.64. The van der Waals surface area contributed by atoms with Gasteiger partial charge in [-0.25, -0.2) is 0 Å². The van der Waals surface area contributed by atoms with Crippen LogP contribution in [0.1, 0.15) is 32.1 Å². The van der Waals surface area contributed by atoms with Crippen molar-refractivity contribution < 1.29 is 19.2 Å². The van der Waals surface area contributed by atoms with Crippen LogP contribution in [0.5, 0.6) is 0 Å². The highest BCUT2D eigenvalue weighted by atomic mass is 16.2. The molecule has 4 fully saturated rings. The number of hydrazine groups is 1. The van der Waals surface area contributed by atoms with Crippen molar-refractivity contribution in [3.05, 3.63) is 12.2 Å². The van der Waals surface area contributed by atoms with Crippen LogP contribution in [0.2, 0.25) is 0 Å². The van der Waals surface area contributed by atoms with E-state index in [1.54, 1.807) is 0 Å². The number of carbonyl (C=O) groups excluding carboxylic acids is 4. The van der Waals surface area contributed by atoms with Gasteiger partial charge < -0.3 is 0 Å². The molecule has 0 N–H and O–H groups in total. The fraction of sp³-hybridized carbons (Fsp3) is 0.647. The highest BCUT2D eigenvalue weighted by molar-refractivity contribution is 6.13. The Labute approximate surface area is 133 Å². The number of hydrogen-bond acceptors (Lipinski definition) is 4. The smallest absolute Gasteiger partial charge is 0.253 e. The molecule has 5 rings (SSSR count). The van der Waals surface area contributed by atoms with Gasteiger partial charge in [0.25, 0.3) is 23.6 Å². The van der Waals surface area contributed by atoms with Crippen LogP contribution in [0.4, 0.5) is 0 Å². The van der Waals surface area contributed by atoms with Gasteiger partial charge in [-0.2, -0.15) is 10.0 Å². The van der Waals surface area contributed by atoms with Crippen molar-refractivity contribution in [2.45, 2.75) is 32.1 Å². The minimum atomic E-state index is -0.374. The maximum Gasteiger partial charge on any atom is 0.253 e. The van der Waals surface area contributed by atoms with Crippen LogP contribution in [0.25, 0.3) is 0 Å². The van der Waals surface area contributed by atoms with E-state index in [4.69, 9.17) is 0 Å². The number of fused-ring (bicyclic) bond motifs is 6. The molecule has 2 saturated heterocycles. The minimum absolute atomic E-state index is 0.0848. The zero-order valence-corrected chi connectivity index (χ0v) is 12.7. The summed E-state index contributed by atoms with van der Waals surface area (Å²) in [5, 5.41) is 1.81. The van der Waals surface area contributed by atoms with Gasteiger partial charge in [-0.1, -0.05) is 25.0 Å². The summed E-state index contributed by atoms with van der Waals surface area (Å²) in [5.74, 6) is -2.65. The fourth-order valence-electron chi connectivity index (χ4n) is 5.43. The Balaban J connectivity index is 1.51. The van der Waals surface area contributed by atoms with Crippen molar-refractivity contribution in [3.63, 3.8) is 0 Å². The number of carbonyl (C=O) groups is 4. The monoisotopic (exact) mass is 314 g/mol. The molecule has 2 aliphatic heterocycles. The Hall–Kier alpha value is -1.98. The van der Waals surface area contributed by atoms with Gasteiger partial charge in [0.2, 0.25) is 0 Å². The summed E-state index contributed by atoms with van der Waals surface area (Å²) in [6.07, 6.45) is 8.07. The van der Waals surface area contributed by atoms with E-state index in [-0.39, 0.29) is 59.1 Å². The first-order chi connectivity index (χ1) is 11.1. The lowest BCUT2D eigenvalue weighted by Gasteiger charge is -2.25. The summed E-state index contributed by atoms with van der Waals surface area (Å²) in [5.41, 5.74) is 0. The summed E-state index contributed by atoms with van der Waals surface area (Å²) in [7, 11) is 0. The van der Waals surface area contributed by atoms with Gasteiger partial charge in [-0.3, -0.25) is 19.2 Å². The summed E-state index contributed by atoms with van der Waals surface area (Å²) in [6, 6.07) is 0. The van der Waals surface area contributed by atoms with E-state index in [9.17, 15) is 19.2 Å². The van der Waals surface area contributed by atoms with Gasteiger partial charge in [0.1, 0.15) is 0 Å². The van der Waals surface area contributed by atoms with Crippen LogP contribution in [0.15, 0.2) is 12.2 Å². The molecule has 6 heteroatoms. The summed E-state index contributed by atoms with van der Waals surface area (Å²) < 4.78 is 0. The third-order valence-corrected chi connectivity index (χ3v) is 6.46. The first-order valence-corrected chi connectivity index (χ1v) is 8.53. The molecule has 2 bridgehead atoms. The second-order valence-electron chi connectivity index (χ2n) is 7.47. The Bertz CT molecular complexity index is 630. The van der Waals surface area contributed by atoms with Gasteiger partial charge in [0, 0.05) is 0 Å². The van der Waals surface area contributed by atoms with Crippen LogP contribution >= 0.6 is 0 Å². The molecule has 0 unspecified atom stereocenters. The second kappa shape index (κ2) is 4.30. The summed E-state index contributed by atoms with van der Waals surface area (Å²) in [4.78, 5) is 50.9. The number of amides is 4. The van der Waals surface area contributed by atoms with E-state index in [0.29, 0.717) is 12.8 Å². The predicted octanol–water partition coefficient (Wildman–Crippen LogP) is 0.884. The molecule has 2 saturated carbocycles. The van der Waals surface area contributed by atoms with Gasteiger partial charge in [0.15, 0.2) is 0 Å². The Morgan fingerprint density at radius 2 is 1.13 bits per heavy atom. The zero-order chi connectivity index (χ0) is 15.9. The molecule has 0 radical (unpaired) electrons. The average molecular weight is 314 g/mol. The number of hydrogen-bond donors (Lipinski definition) is 0. The van der Waals surface area contributed by atoms with E-state index in [2.05, 4.69) is 0 Å². The van der Waals surface area contributed by atoms with E-state index < -0.39 is 0 Å². The molecule has 5 aliphatic rings. The van der Waals surface area contributed by atoms with Gasteiger partial charge in [-0.05, 0) is 31.1 Å². The van der Waals surface area contributed by atoms with Crippen molar-refractivity contribution in [1.29, 1.82) is 0 Å². The number of rotatable bonds is 1. The second-order valence-corrected chi connectivity index (χ2v) is 7.47. The molecular formula is C17H18N2O4. The van der Waals surface area contributed by atoms with E-state index in [1.807, 2.05) is 12.2 Å².